The molecule has 3 aliphatic rings. The molecule has 3 aliphatic heterocycles. The van der Waals surface area contributed by atoms with Crippen molar-refractivity contribution in [1.82, 2.24) is 14.9 Å². The minimum absolute atomic E-state index is 0.0278. The van der Waals surface area contributed by atoms with Crippen molar-refractivity contribution in [2.45, 2.75) is 64.6 Å². The molecule has 1 aromatic carbocycles. The van der Waals surface area contributed by atoms with Crippen LogP contribution in [0.1, 0.15) is 80.7 Å². The van der Waals surface area contributed by atoms with Crippen LogP contribution in [0.2, 0.25) is 0 Å². The number of para-hydroxylation sites is 1. The van der Waals surface area contributed by atoms with E-state index in [0.29, 0.717) is 11.5 Å². The summed E-state index contributed by atoms with van der Waals surface area (Å²) in [6, 6.07) is 8.26. The first-order valence-corrected chi connectivity index (χ1v) is 11.8. The molecule has 2 atom stereocenters. The van der Waals surface area contributed by atoms with E-state index in [1.807, 2.05) is 17.0 Å². The molecule has 0 radical (unpaired) electrons. The summed E-state index contributed by atoms with van der Waals surface area (Å²) in [5.41, 5.74) is 1.56. The Morgan fingerprint density at radius 3 is 2.50 bits per heavy atom. The number of carbonyl (C=O) groups is 1. The quantitative estimate of drug-likeness (QED) is 0.680. The van der Waals surface area contributed by atoms with Crippen LogP contribution in [0.5, 0.6) is 5.75 Å². The lowest BCUT2D eigenvalue weighted by molar-refractivity contribution is -0.173. The van der Waals surface area contributed by atoms with Crippen molar-refractivity contribution >= 4 is 5.91 Å². The van der Waals surface area contributed by atoms with Gasteiger partial charge in [0, 0.05) is 42.9 Å². The molecule has 2 saturated heterocycles. The predicted molar refractivity (Wildman–Crippen MR) is 122 cm³/mol. The molecule has 0 saturated carbocycles. The van der Waals surface area contributed by atoms with E-state index < -0.39 is 0 Å². The van der Waals surface area contributed by atoms with Crippen LogP contribution >= 0.6 is 0 Å². The molecule has 170 valence electrons. The summed E-state index contributed by atoms with van der Waals surface area (Å²) in [6.07, 6.45) is 6.38. The van der Waals surface area contributed by atoms with Gasteiger partial charge in [-0.25, -0.2) is 9.97 Å². The summed E-state index contributed by atoms with van der Waals surface area (Å²) >= 11 is 0. The molecule has 0 bridgehead atoms. The molecule has 0 unspecified atom stereocenters. The Labute approximate surface area is 190 Å². The molecular weight excluding hydrogens is 402 g/mol. The highest BCUT2D eigenvalue weighted by molar-refractivity contribution is 5.93. The van der Waals surface area contributed by atoms with Gasteiger partial charge in [0.1, 0.15) is 17.2 Å². The molecule has 0 N–H and O–H groups in total. The summed E-state index contributed by atoms with van der Waals surface area (Å²) in [5.74, 6) is 2.29. The zero-order valence-electron chi connectivity index (χ0n) is 19.5. The van der Waals surface area contributed by atoms with Crippen LogP contribution in [-0.2, 0) is 4.74 Å². The van der Waals surface area contributed by atoms with Crippen molar-refractivity contribution in [3.8, 4) is 5.75 Å². The zero-order chi connectivity index (χ0) is 22.5. The fourth-order valence-electron chi connectivity index (χ4n) is 5.56. The zero-order valence-corrected chi connectivity index (χ0v) is 19.5. The van der Waals surface area contributed by atoms with Gasteiger partial charge in [-0.05, 0) is 44.6 Å². The van der Waals surface area contributed by atoms with Crippen LogP contribution in [0.15, 0.2) is 36.7 Å². The first-order chi connectivity index (χ1) is 15.3. The van der Waals surface area contributed by atoms with E-state index in [1.165, 1.54) is 5.56 Å². The monoisotopic (exact) mass is 435 g/mol. The summed E-state index contributed by atoms with van der Waals surface area (Å²) in [5, 5.41) is 0. The number of fused-ring (bicyclic) bond motifs is 3. The van der Waals surface area contributed by atoms with Gasteiger partial charge in [0.2, 0.25) is 0 Å². The van der Waals surface area contributed by atoms with E-state index in [9.17, 15) is 4.79 Å². The van der Waals surface area contributed by atoms with Crippen LogP contribution in [0, 0.1) is 11.3 Å². The number of carbonyl (C=O) groups excluding carboxylic acids is 1. The fourth-order valence-corrected chi connectivity index (χ4v) is 5.56. The Balaban J connectivity index is 1.28. The number of nitrogens with zero attached hydrogens (tertiary/aromatic N) is 3. The highest BCUT2D eigenvalue weighted by atomic mass is 16.5. The number of ether oxygens (including phenoxy) is 2. The van der Waals surface area contributed by atoms with Gasteiger partial charge >= 0.3 is 0 Å². The van der Waals surface area contributed by atoms with Crippen molar-refractivity contribution in [2.75, 3.05) is 19.7 Å². The van der Waals surface area contributed by atoms with Crippen molar-refractivity contribution < 1.29 is 14.3 Å². The van der Waals surface area contributed by atoms with Gasteiger partial charge in [-0.1, -0.05) is 32.0 Å². The van der Waals surface area contributed by atoms with Crippen LogP contribution < -0.4 is 4.74 Å². The van der Waals surface area contributed by atoms with Crippen LogP contribution in [-0.4, -0.2) is 46.1 Å². The Morgan fingerprint density at radius 1 is 1.12 bits per heavy atom. The van der Waals surface area contributed by atoms with Gasteiger partial charge in [-0.2, -0.15) is 0 Å². The Bertz CT molecular complexity index is 994. The van der Waals surface area contributed by atoms with E-state index in [0.717, 1.165) is 50.5 Å². The normalized spacial score (nSPS) is 25.7. The van der Waals surface area contributed by atoms with E-state index >= 15 is 0 Å². The summed E-state index contributed by atoms with van der Waals surface area (Å²) in [6.45, 7) is 10.7. The third kappa shape index (κ3) is 3.68. The lowest BCUT2D eigenvalue weighted by Crippen LogP contribution is -2.54. The number of hydrogen-bond acceptors (Lipinski definition) is 5. The number of piperidine rings is 1. The smallest absolute Gasteiger partial charge is 0.256 e. The van der Waals surface area contributed by atoms with E-state index in [2.05, 4.69) is 49.8 Å². The summed E-state index contributed by atoms with van der Waals surface area (Å²) in [7, 11) is 0. The maximum absolute atomic E-state index is 13.0. The average Bonchev–Trinajstić information content (AvgIpc) is 2.79. The molecule has 4 heterocycles. The van der Waals surface area contributed by atoms with Gasteiger partial charge < -0.3 is 14.4 Å². The first kappa shape index (κ1) is 21.4. The molecule has 6 nitrogen and oxygen atoms in total. The standard InChI is InChI=1S/C26H33N3O3/c1-17(2)23-27-14-18(15-28-23)24(30)29-11-9-26(10-12-29)13-20-22(31-16-26)19-7-5-6-8-21(19)32-25(20,3)4/h5-8,14-15,17,20,22H,9-13,16H2,1-4H3/t20-,22+/m0/s1. The first-order valence-electron chi connectivity index (χ1n) is 11.8. The highest BCUT2D eigenvalue weighted by Crippen LogP contribution is 2.55. The topological polar surface area (TPSA) is 64.6 Å². The minimum atomic E-state index is -0.283. The van der Waals surface area contributed by atoms with Crippen molar-refractivity contribution in [3.63, 3.8) is 0 Å². The molecule has 5 rings (SSSR count). The van der Waals surface area contributed by atoms with Crippen LogP contribution in [0.4, 0.5) is 0 Å². The third-order valence-corrected chi connectivity index (χ3v) is 7.63. The lowest BCUT2D eigenvalue weighted by Gasteiger charge is -2.54. The number of benzene rings is 1. The van der Waals surface area contributed by atoms with Gasteiger partial charge in [-0.3, -0.25) is 4.79 Å². The van der Waals surface area contributed by atoms with Crippen molar-refractivity contribution in [3.05, 3.63) is 53.6 Å². The SMILES string of the molecule is CC(C)c1ncc(C(=O)N2CCC3(CC2)CO[C@@H]2c4ccccc4OC(C)(C)[C@H]2C3)cn1. The van der Waals surface area contributed by atoms with E-state index in [-0.39, 0.29) is 28.9 Å². The minimum Gasteiger partial charge on any atom is -0.487 e. The number of amides is 1. The molecule has 2 fully saturated rings. The Morgan fingerprint density at radius 2 is 1.81 bits per heavy atom. The van der Waals surface area contributed by atoms with Gasteiger partial charge in [0.05, 0.1) is 18.3 Å². The molecular formula is C26H33N3O3. The second-order valence-corrected chi connectivity index (χ2v) is 10.6. The molecule has 32 heavy (non-hydrogen) atoms. The maximum Gasteiger partial charge on any atom is 0.256 e. The average molecular weight is 436 g/mol. The molecule has 0 aliphatic carbocycles. The summed E-state index contributed by atoms with van der Waals surface area (Å²) < 4.78 is 13.0. The second kappa shape index (κ2) is 7.84. The third-order valence-electron chi connectivity index (χ3n) is 7.63. The number of aromatic nitrogens is 2. The largest absolute Gasteiger partial charge is 0.487 e. The Hall–Kier alpha value is -2.47. The fraction of sp³-hybridized carbons (Fsp3) is 0.577. The molecule has 6 heteroatoms. The molecule has 1 amide bonds. The number of likely N-dealkylation sites (tertiary alicyclic amines) is 1. The maximum atomic E-state index is 13.0. The molecule has 1 aromatic heterocycles. The second-order valence-electron chi connectivity index (χ2n) is 10.6. The van der Waals surface area contributed by atoms with Gasteiger partial charge in [0.15, 0.2) is 0 Å². The number of hydrogen-bond donors (Lipinski definition) is 0. The highest BCUT2D eigenvalue weighted by Gasteiger charge is 2.52. The van der Waals surface area contributed by atoms with Gasteiger partial charge in [-0.15, -0.1) is 0 Å². The van der Waals surface area contributed by atoms with Crippen LogP contribution in [0.3, 0.4) is 0 Å². The van der Waals surface area contributed by atoms with E-state index in [1.54, 1.807) is 12.4 Å². The molecule has 1 spiro atoms. The number of rotatable bonds is 2. The van der Waals surface area contributed by atoms with Crippen molar-refractivity contribution in [2.24, 2.45) is 11.3 Å². The predicted octanol–water partition coefficient (Wildman–Crippen LogP) is 4.77. The van der Waals surface area contributed by atoms with Crippen molar-refractivity contribution in [1.29, 1.82) is 0 Å². The Kier molecular flexibility index (Phi) is 5.24. The summed E-state index contributed by atoms with van der Waals surface area (Å²) in [4.78, 5) is 23.7. The van der Waals surface area contributed by atoms with E-state index in [4.69, 9.17) is 9.47 Å². The van der Waals surface area contributed by atoms with Gasteiger partial charge in [0.25, 0.3) is 5.91 Å². The molecule has 2 aromatic rings. The lowest BCUT2D eigenvalue weighted by atomic mass is 9.64. The van der Waals surface area contributed by atoms with Crippen LogP contribution in [0.25, 0.3) is 0 Å².